The number of hydrogen-bond donors (Lipinski definition) is 1. The molecule has 1 aromatic carbocycles. The molecule has 2 aromatic rings. The molecule has 1 heterocycles. The summed E-state index contributed by atoms with van der Waals surface area (Å²) in [4.78, 5) is 0. The smallest absolute Gasteiger partial charge is 0.0597 e. The zero-order valence-corrected chi connectivity index (χ0v) is 14.3. The summed E-state index contributed by atoms with van der Waals surface area (Å²) in [5.74, 6) is 0. The summed E-state index contributed by atoms with van der Waals surface area (Å²) in [6.07, 6.45) is 1.08. The van der Waals surface area contributed by atoms with Gasteiger partial charge in [0.1, 0.15) is 0 Å². The molecular formula is C14H14BrCl2NS. The van der Waals surface area contributed by atoms with E-state index in [1.807, 2.05) is 12.1 Å². The van der Waals surface area contributed by atoms with Crippen LogP contribution in [0.15, 0.2) is 33.4 Å². The van der Waals surface area contributed by atoms with Crippen LogP contribution >= 0.6 is 50.5 Å². The van der Waals surface area contributed by atoms with Crippen LogP contribution in [-0.2, 0) is 0 Å². The van der Waals surface area contributed by atoms with Crippen LogP contribution in [0, 0.1) is 0 Å². The molecule has 1 N–H and O–H groups in total. The lowest BCUT2D eigenvalue weighted by Crippen LogP contribution is -2.23. The van der Waals surface area contributed by atoms with Crippen molar-refractivity contribution >= 4 is 50.5 Å². The lowest BCUT2D eigenvalue weighted by Gasteiger charge is -2.19. The zero-order valence-electron chi connectivity index (χ0n) is 10.4. The second-order valence-corrected chi connectivity index (χ2v) is 6.74. The van der Waals surface area contributed by atoms with Crippen LogP contribution in [0.4, 0.5) is 0 Å². The molecule has 102 valence electrons. The maximum Gasteiger partial charge on any atom is 0.0597 e. The summed E-state index contributed by atoms with van der Waals surface area (Å²) >= 11 is 17.5. The maximum atomic E-state index is 6.11. The van der Waals surface area contributed by atoms with Gasteiger partial charge in [-0.15, -0.1) is 0 Å². The third kappa shape index (κ3) is 3.96. The lowest BCUT2D eigenvalue weighted by atomic mass is 10.0. The van der Waals surface area contributed by atoms with Crippen molar-refractivity contribution in [3.63, 3.8) is 0 Å². The molecule has 0 fully saturated rings. The van der Waals surface area contributed by atoms with Crippen molar-refractivity contribution in [3.8, 4) is 0 Å². The highest BCUT2D eigenvalue weighted by Gasteiger charge is 2.17. The Bertz CT molecular complexity index is 536. The second kappa shape index (κ2) is 7.09. The van der Waals surface area contributed by atoms with Crippen molar-refractivity contribution in [2.75, 3.05) is 6.54 Å². The number of hydrogen-bond acceptors (Lipinski definition) is 2. The molecular weight excluding hydrogens is 365 g/mol. The van der Waals surface area contributed by atoms with E-state index in [4.69, 9.17) is 23.2 Å². The normalized spacial score (nSPS) is 12.6. The van der Waals surface area contributed by atoms with Crippen LogP contribution in [0.3, 0.4) is 0 Å². The molecule has 0 saturated heterocycles. The molecule has 0 bridgehead atoms. The Kier molecular flexibility index (Phi) is 5.72. The quantitative estimate of drug-likeness (QED) is 0.682. The minimum Gasteiger partial charge on any atom is -0.306 e. The summed E-state index contributed by atoms with van der Waals surface area (Å²) < 4.78 is 1.11. The fourth-order valence-electron chi connectivity index (χ4n) is 1.94. The van der Waals surface area contributed by atoms with Crippen LogP contribution in [-0.4, -0.2) is 6.54 Å². The van der Waals surface area contributed by atoms with Crippen molar-refractivity contribution in [3.05, 3.63) is 54.6 Å². The summed E-state index contributed by atoms with van der Waals surface area (Å²) in [5.41, 5.74) is 2.31. The number of rotatable bonds is 5. The van der Waals surface area contributed by atoms with E-state index in [0.717, 1.165) is 23.0 Å². The van der Waals surface area contributed by atoms with Crippen molar-refractivity contribution in [1.29, 1.82) is 0 Å². The number of thiophene rings is 1. The highest BCUT2D eigenvalue weighted by Crippen LogP contribution is 2.33. The summed E-state index contributed by atoms with van der Waals surface area (Å²) in [6.45, 7) is 3.09. The highest BCUT2D eigenvalue weighted by atomic mass is 79.9. The largest absolute Gasteiger partial charge is 0.306 e. The predicted molar refractivity (Wildman–Crippen MR) is 88.6 cm³/mol. The predicted octanol–water partition coefficient (Wildman–Crippen LogP) is 5.91. The monoisotopic (exact) mass is 377 g/mol. The van der Waals surface area contributed by atoms with Gasteiger partial charge >= 0.3 is 0 Å². The molecule has 0 amide bonds. The molecule has 1 nitrogen and oxygen atoms in total. The van der Waals surface area contributed by atoms with Gasteiger partial charge in [0.05, 0.1) is 6.04 Å². The Labute approximate surface area is 136 Å². The van der Waals surface area contributed by atoms with Gasteiger partial charge in [-0.2, -0.15) is 11.3 Å². The van der Waals surface area contributed by atoms with E-state index in [1.165, 1.54) is 5.56 Å². The number of halogens is 3. The van der Waals surface area contributed by atoms with E-state index >= 15 is 0 Å². The Morgan fingerprint density at radius 3 is 2.42 bits per heavy atom. The first-order valence-electron chi connectivity index (χ1n) is 6.02. The van der Waals surface area contributed by atoms with E-state index in [2.05, 4.69) is 38.9 Å². The first kappa shape index (κ1) is 15.3. The van der Waals surface area contributed by atoms with Gasteiger partial charge < -0.3 is 5.32 Å². The van der Waals surface area contributed by atoms with E-state index in [0.29, 0.717) is 10.0 Å². The molecule has 0 spiro atoms. The summed E-state index contributed by atoms with van der Waals surface area (Å²) in [5, 5.41) is 9.10. The highest BCUT2D eigenvalue weighted by molar-refractivity contribution is 9.10. The zero-order chi connectivity index (χ0) is 13.8. The van der Waals surface area contributed by atoms with Crippen molar-refractivity contribution in [2.45, 2.75) is 19.4 Å². The third-order valence-electron chi connectivity index (χ3n) is 2.77. The first-order chi connectivity index (χ1) is 9.11. The Hall–Kier alpha value is -0.0600. The molecule has 0 saturated carbocycles. The van der Waals surface area contributed by atoms with Gasteiger partial charge in [-0.05, 0) is 63.6 Å². The van der Waals surface area contributed by atoms with Gasteiger partial charge in [0, 0.05) is 19.9 Å². The number of benzene rings is 1. The Morgan fingerprint density at radius 2 is 1.89 bits per heavy atom. The molecule has 2 rings (SSSR count). The molecule has 1 unspecified atom stereocenters. The fourth-order valence-corrected chi connectivity index (χ4v) is 4.03. The van der Waals surface area contributed by atoms with Crippen LogP contribution in [0.5, 0.6) is 0 Å². The minimum atomic E-state index is 0.108. The second-order valence-electron chi connectivity index (χ2n) is 4.26. The van der Waals surface area contributed by atoms with Crippen molar-refractivity contribution in [2.24, 2.45) is 0 Å². The van der Waals surface area contributed by atoms with Gasteiger partial charge in [0.2, 0.25) is 0 Å². The van der Waals surface area contributed by atoms with Gasteiger partial charge in [-0.3, -0.25) is 0 Å². The van der Waals surface area contributed by atoms with Gasteiger partial charge in [-0.1, -0.05) is 30.1 Å². The molecule has 0 radical (unpaired) electrons. The molecule has 1 aromatic heterocycles. The van der Waals surface area contributed by atoms with E-state index < -0.39 is 0 Å². The average molecular weight is 379 g/mol. The van der Waals surface area contributed by atoms with Crippen LogP contribution in [0.2, 0.25) is 10.0 Å². The third-order valence-corrected chi connectivity index (χ3v) is 4.96. The number of nitrogens with one attached hydrogen (secondary N) is 1. The maximum absolute atomic E-state index is 6.11. The average Bonchev–Trinajstić information content (AvgIpc) is 2.75. The molecule has 0 aliphatic carbocycles. The molecule has 5 heteroatoms. The fraction of sp³-hybridized carbons (Fsp3) is 0.286. The van der Waals surface area contributed by atoms with Crippen LogP contribution < -0.4 is 5.32 Å². The molecule has 0 aliphatic heterocycles. The lowest BCUT2D eigenvalue weighted by molar-refractivity contribution is 0.598. The van der Waals surface area contributed by atoms with E-state index in [9.17, 15) is 0 Å². The summed E-state index contributed by atoms with van der Waals surface area (Å²) in [6, 6.07) is 5.79. The van der Waals surface area contributed by atoms with Crippen molar-refractivity contribution < 1.29 is 0 Å². The standard InChI is InChI=1S/C14H14BrCl2NS/c1-2-3-18-14(12-7-19-8-13(12)15)9-4-10(16)6-11(17)5-9/h4-8,14,18H,2-3H2,1H3. The SMILES string of the molecule is CCCNC(c1cc(Cl)cc(Cl)c1)c1cscc1Br. The topological polar surface area (TPSA) is 12.0 Å². The van der Waals surface area contributed by atoms with Gasteiger partial charge in [0.25, 0.3) is 0 Å². The Balaban J connectivity index is 2.39. The molecule has 19 heavy (non-hydrogen) atoms. The minimum absolute atomic E-state index is 0.108. The van der Waals surface area contributed by atoms with Crippen LogP contribution in [0.25, 0.3) is 0 Å². The molecule has 0 aliphatic rings. The van der Waals surface area contributed by atoms with E-state index in [1.54, 1.807) is 17.4 Å². The Morgan fingerprint density at radius 1 is 1.21 bits per heavy atom. The van der Waals surface area contributed by atoms with Crippen molar-refractivity contribution in [1.82, 2.24) is 5.32 Å². The molecule has 1 atom stereocenters. The summed E-state index contributed by atoms with van der Waals surface area (Å²) in [7, 11) is 0. The van der Waals surface area contributed by atoms with Crippen LogP contribution in [0.1, 0.15) is 30.5 Å². The van der Waals surface area contributed by atoms with Gasteiger partial charge in [-0.25, -0.2) is 0 Å². The first-order valence-corrected chi connectivity index (χ1v) is 8.52. The van der Waals surface area contributed by atoms with Gasteiger partial charge in [0.15, 0.2) is 0 Å². The van der Waals surface area contributed by atoms with E-state index in [-0.39, 0.29) is 6.04 Å².